The summed E-state index contributed by atoms with van der Waals surface area (Å²) in [5, 5.41) is 19.5. The lowest BCUT2D eigenvalue weighted by atomic mass is 9.98. The van der Waals surface area contributed by atoms with Gasteiger partial charge in [-0.1, -0.05) is 18.2 Å². The molecule has 4 N–H and O–H groups in total. The molecule has 0 aliphatic carbocycles. The zero-order valence-electron chi connectivity index (χ0n) is 14.2. The quantitative estimate of drug-likeness (QED) is 0.513. The van der Waals surface area contributed by atoms with Crippen molar-refractivity contribution in [2.75, 3.05) is 18.9 Å². The molecule has 4 rings (SSSR count). The Kier molecular flexibility index (Phi) is 4.03. The predicted molar refractivity (Wildman–Crippen MR) is 101 cm³/mol. The Labute approximate surface area is 153 Å². The van der Waals surface area contributed by atoms with E-state index in [4.69, 9.17) is 20.0 Å². The van der Waals surface area contributed by atoms with E-state index >= 15 is 0 Å². The molecule has 0 fully saturated rings. The van der Waals surface area contributed by atoms with Crippen LogP contribution in [0.2, 0.25) is 0 Å². The number of aromatic nitrogens is 1. The van der Waals surface area contributed by atoms with Crippen molar-refractivity contribution < 1.29 is 14.3 Å². The van der Waals surface area contributed by atoms with Gasteiger partial charge in [0, 0.05) is 17.0 Å². The average molecular weight is 361 g/mol. The van der Waals surface area contributed by atoms with Crippen LogP contribution in [0.15, 0.2) is 51.7 Å². The third-order valence-electron chi connectivity index (χ3n) is 4.28. The van der Waals surface area contributed by atoms with E-state index in [0.717, 1.165) is 0 Å². The molecule has 2 aromatic heterocycles. The molecule has 134 valence electrons. The highest BCUT2D eigenvalue weighted by Gasteiger charge is 2.22. The van der Waals surface area contributed by atoms with Crippen LogP contribution in [0.5, 0.6) is 5.75 Å². The highest BCUT2D eigenvalue weighted by molar-refractivity contribution is 6.10. The molecule has 7 nitrogen and oxygen atoms in total. The standard InChI is InChI=1S/C20H15N3O4/c21-10-14-17(12-3-1-2-4-15(12)26-8-7-24)19-18(23-20(14)22)13-6-5-11(25)9-16(13)27-19/h1-6,9,23-24H,7-8,22H2. The maximum absolute atomic E-state index is 11.7. The van der Waals surface area contributed by atoms with Gasteiger partial charge in [0.1, 0.15) is 35.4 Å². The lowest BCUT2D eigenvalue weighted by Gasteiger charge is -2.13. The number of benzene rings is 2. The minimum Gasteiger partial charge on any atom is -0.491 e. The van der Waals surface area contributed by atoms with Gasteiger partial charge in [-0.15, -0.1) is 0 Å². The Morgan fingerprint density at radius 1 is 1.26 bits per heavy atom. The van der Waals surface area contributed by atoms with E-state index in [1.165, 1.54) is 12.1 Å². The molecule has 27 heavy (non-hydrogen) atoms. The number of H-pyrrole nitrogens is 1. The number of hydrogen-bond acceptors (Lipinski definition) is 6. The Hall–Kier alpha value is -3.76. The van der Waals surface area contributed by atoms with E-state index < -0.39 is 0 Å². The van der Waals surface area contributed by atoms with Crippen LogP contribution >= 0.6 is 0 Å². The SMILES string of the molecule is N#Cc1c(N)[nH]c2c(oc3cc(=O)ccc32)c1-c1ccccc1OCCO. The molecule has 0 spiro atoms. The van der Waals surface area contributed by atoms with Gasteiger partial charge in [0.15, 0.2) is 11.0 Å². The monoisotopic (exact) mass is 361 g/mol. The molecule has 0 saturated carbocycles. The third-order valence-corrected chi connectivity index (χ3v) is 4.28. The van der Waals surface area contributed by atoms with E-state index in [9.17, 15) is 10.1 Å². The van der Waals surface area contributed by atoms with Crippen LogP contribution in [0.4, 0.5) is 5.82 Å². The highest BCUT2D eigenvalue weighted by atomic mass is 16.5. The summed E-state index contributed by atoms with van der Waals surface area (Å²) in [7, 11) is 0. The van der Waals surface area contributed by atoms with Gasteiger partial charge >= 0.3 is 0 Å². The lowest BCUT2D eigenvalue weighted by molar-refractivity contribution is 0.202. The lowest BCUT2D eigenvalue weighted by Crippen LogP contribution is -2.04. The molecular formula is C20H15N3O4. The van der Waals surface area contributed by atoms with Gasteiger partial charge < -0.3 is 25.0 Å². The second-order valence-corrected chi connectivity index (χ2v) is 5.93. The molecule has 0 aliphatic rings. The van der Waals surface area contributed by atoms with Crippen LogP contribution < -0.4 is 15.9 Å². The highest BCUT2D eigenvalue weighted by Crippen LogP contribution is 2.41. The Morgan fingerprint density at radius 3 is 2.85 bits per heavy atom. The number of nitrogens with two attached hydrogens (primary N) is 1. The fourth-order valence-electron chi connectivity index (χ4n) is 3.15. The normalized spacial score (nSPS) is 11.0. The number of pyridine rings is 1. The van der Waals surface area contributed by atoms with Crippen molar-refractivity contribution in [2.24, 2.45) is 0 Å². The van der Waals surface area contributed by atoms with Crippen LogP contribution in [0, 0.1) is 11.3 Å². The number of aliphatic hydroxyl groups excluding tert-OH is 1. The summed E-state index contributed by atoms with van der Waals surface area (Å²) in [6, 6.07) is 13.7. The first-order chi connectivity index (χ1) is 13.1. The minimum atomic E-state index is -0.178. The summed E-state index contributed by atoms with van der Waals surface area (Å²) in [4.78, 5) is 14.7. The molecule has 4 aromatic rings. The third kappa shape index (κ3) is 2.69. The zero-order valence-corrected chi connectivity index (χ0v) is 14.2. The Balaban J connectivity index is 2.12. The molecule has 0 saturated heterocycles. The molecular weight excluding hydrogens is 346 g/mol. The number of nitrogen functional groups attached to an aromatic ring is 1. The van der Waals surface area contributed by atoms with Gasteiger partial charge in [0.2, 0.25) is 0 Å². The van der Waals surface area contributed by atoms with E-state index in [1.807, 2.05) is 0 Å². The van der Waals surface area contributed by atoms with Crippen molar-refractivity contribution in [3.8, 4) is 22.9 Å². The van der Waals surface area contributed by atoms with Gasteiger partial charge in [-0.25, -0.2) is 0 Å². The van der Waals surface area contributed by atoms with E-state index in [-0.39, 0.29) is 30.0 Å². The number of aliphatic hydroxyl groups is 1. The predicted octanol–water partition coefficient (Wildman–Crippen LogP) is 2.77. The van der Waals surface area contributed by atoms with Crippen LogP contribution in [0.3, 0.4) is 0 Å². The number of para-hydroxylation sites is 1. The smallest absolute Gasteiger partial charge is 0.182 e. The number of ether oxygens (including phenoxy) is 1. The summed E-state index contributed by atoms with van der Waals surface area (Å²) >= 11 is 0. The molecule has 0 unspecified atom stereocenters. The van der Waals surface area contributed by atoms with Crippen LogP contribution in [-0.2, 0) is 0 Å². The van der Waals surface area contributed by atoms with Crippen molar-refractivity contribution in [1.82, 2.24) is 4.98 Å². The first-order valence-electron chi connectivity index (χ1n) is 8.25. The number of hydrogen-bond donors (Lipinski definition) is 3. The molecule has 2 heterocycles. The Morgan fingerprint density at radius 2 is 2.07 bits per heavy atom. The largest absolute Gasteiger partial charge is 0.491 e. The first kappa shape index (κ1) is 16.7. The van der Waals surface area contributed by atoms with Crippen molar-refractivity contribution in [2.45, 2.75) is 0 Å². The number of fused-ring (bicyclic) bond motifs is 3. The van der Waals surface area contributed by atoms with Gasteiger partial charge in [0.25, 0.3) is 0 Å². The van der Waals surface area contributed by atoms with E-state index in [1.54, 1.807) is 30.3 Å². The maximum atomic E-state index is 11.7. The van der Waals surface area contributed by atoms with Gasteiger partial charge in [-0.2, -0.15) is 5.26 Å². The number of nitriles is 1. The minimum absolute atomic E-state index is 0.107. The maximum Gasteiger partial charge on any atom is 0.182 e. The molecule has 0 radical (unpaired) electrons. The summed E-state index contributed by atoms with van der Waals surface area (Å²) in [5.74, 6) is 0.672. The number of furan rings is 1. The van der Waals surface area contributed by atoms with Crippen molar-refractivity contribution in [3.63, 3.8) is 0 Å². The van der Waals surface area contributed by atoms with Gasteiger partial charge in [0.05, 0.1) is 17.7 Å². The first-order valence-corrected chi connectivity index (χ1v) is 8.25. The van der Waals surface area contributed by atoms with Crippen LogP contribution in [0.1, 0.15) is 5.56 Å². The summed E-state index contributed by atoms with van der Waals surface area (Å²) < 4.78 is 11.6. The summed E-state index contributed by atoms with van der Waals surface area (Å²) in [6.45, 7) is -0.0351. The molecule has 0 amide bonds. The average Bonchev–Trinajstić information content (AvgIpc) is 3.02. The molecule has 2 aromatic carbocycles. The number of nitrogens with zero attached hydrogens (tertiary/aromatic N) is 1. The van der Waals surface area contributed by atoms with Gasteiger partial charge in [-0.05, 0) is 18.2 Å². The fraction of sp³-hybridized carbons (Fsp3) is 0.100. The molecule has 0 atom stereocenters. The fourth-order valence-corrected chi connectivity index (χ4v) is 3.15. The molecule has 7 heteroatoms. The van der Waals surface area contributed by atoms with Crippen LogP contribution in [0.25, 0.3) is 33.2 Å². The van der Waals surface area contributed by atoms with Crippen molar-refractivity contribution in [1.29, 1.82) is 5.26 Å². The number of rotatable bonds is 4. The number of aromatic amines is 1. The van der Waals surface area contributed by atoms with E-state index in [2.05, 4.69) is 11.1 Å². The van der Waals surface area contributed by atoms with Crippen molar-refractivity contribution in [3.05, 3.63) is 58.3 Å². The van der Waals surface area contributed by atoms with Gasteiger partial charge in [-0.3, -0.25) is 4.79 Å². The molecule has 0 bridgehead atoms. The summed E-state index contributed by atoms with van der Waals surface area (Å²) in [5.41, 5.74) is 8.61. The molecule has 0 aliphatic heterocycles. The van der Waals surface area contributed by atoms with Crippen molar-refractivity contribution >= 4 is 27.9 Å². The second-order valence-electron chi connectivity index (χ2n) is 5.93. The topological polar surface area (TPSA) is 125 Å². The number of anilines is 1. The number of nitrogens with one attached hydrogen (secondary N) is 1. The second kappa shape index (κ2) is 6.52. The zero-order chi connectivity index (χ0) is 19.0. The summed E-state index contributed by atoms with van der Waals surface area (Å²) in [6.07, 6.45) is 0. The van der Waals surface area contributed by atoms with E-state index in [0.29, 0.717) is 38.9 Å². The van der Waals surface area contributed by atoms with Crippen LogP contribution in [-0.4, -0.2) is 23.3 Å². The Bertz CT molecular complexity index is 1260.